The van der Waals surface area contributed by atoms with Gasteiger partial charge in [-0.25, -0.2) is 4.98 Å². The molecule has 1 aliphatic carbocycles. The van der Waals surface area contributed by atoms with Crippen molar-refractivity contribution in [3.63, 3.8) is 0 Å². The number of nitrogens with one attached hydrogen (secondary N) is 1. The normalized spacial score (nSPS) is 29.0. The van der Waals surface area contributed by atoms with Gasteiger partial charge in [0.2, 0.25) is 5.89 Å². The van der Waals surface area contributed by atoms with E-state index in [1.807, 2.05) is 0 Å². The van der Waals surface area contributed by atoms with Crippen molar-refractivity contribution in [1.29, 1.82) is 0 Å². The highest BCUT2D eigenvalue weighted by atomic mass is 16.3. The van der Waals surface area contributed by atoms with E-state index < -0.39 is 0 Å². The van der Waals surface area contributed by atoms with Crippen LogP contribution < -0.4 is 11.1 Å². The van der Waals surface area contributed by atoms with Crippen molar-refractivity contribution < 1.29 is 4.42 Å². The van der Waals surface area contributed by atoms with Crippen molar-refractivity contribution >= 4 is 0 Å². The quantitative estimate of drug-likeness (QED) is 0.762. The van der Waals surface area contributed by atoms with E-state index in [1.165, 1.54) is 12.8 Å². The Morgan fingerprint density at radius 1 is 1.53 bits per heavy atom. The van der Waals surface area contributed by atoms with Gasteiger partial charge in [0.25, 0.3) is 0 Å². The number of oxazole rings is 1. The zero-order chi connectivity index (χ0) is 10.3. The number of hydrogen-bond donors (Lipinski definition) is 2. The van der Waals surface area contributed by atoms with E-state index in [4.69, 9.17) is 10.2 Å². The summed E-state index contributed by atoms with van der Waals surface area (Å²) < 4.78 is 5.48. The third-order valence-electron chi connectivity index (χ3n) is 3.45. The van der Waals surface area contributed by atoms with Crippen LogP contribution in [-0.2, 0) is 5.54 Å². The highest BCUT2D eigenvalue weighted by molar-refractivity contribution is 5.16. The number of piperidine rings is 1. The Morgan fingerprint density at radius 3 is 3.07 bits per heavy atom. The van der Waals surface area contributed by atoms with Gasteiger partial charge in [0.05, 0.1) is 11.2 Å². The molecule has 15 heavy (non-hydrogen) atoms. The van der Waals surface area contributed by atoms with Gasteiger partial charge in [0.1, 0.15) is 6.26 Å². The first kappa shape index (κ1) is 9.36. The zero-order valence-corrected chi connectivity index (χ0v) is 8.83. The Labute approximate surface area is 89.2 Å². The second-order valence-electron chi connectivity index (χ2n) is 4.78. The van der Waals surface area contributed by atoms with Crippen LogP contribution in [0.5, 0.6) is 0 Å². The summed E-state index contributed by atoms with van der Waals surface area (Å²) >= 11 is 0. The van der Waals surface area contributed by atoms with E-state index in [0.717, 1.165) is 37.5 Å². The summed E-state index contributed by atoms with van der Waals surface area (Å²) in [5.74, 6) is 1.25. The predicted octanol–water partition coefficient (Wildman–Crippen LogP) is 1.09. The lowest BCUT2D eigenvalue weighted by Crippen LogP contribution is -2.28. The Hall–Kier alpha value is -0.870. The largest absolute Gasteiger partial charge is 0.447 e. The Morgan fingerprint density at radius 2 is 2.40 bits per heavy atom. The number of rotatable bonds is 2. The molecular weight excluding hydrogens is 190 g/mol. The first-order valence-electron chi connectivity index (χ1n) is 5.73. The van der Waals surface area contributed by atoms with E-state index in [1.54, 1.807) is 6.26 Å². The maximum atomic E-state index is 6.04. The van der Waals surface area contributed by atoms with Crippen molar-refractivity contribution in [1.82, 2.24) is 10.3 Å². The summed E-state index contributed by atoms with van der Waals surface area (Å²) in [5.41, 5.74) is 6.88. The molecular formula is C11H17N3O. The molecule has 2 heterocycles. The van der Waals surface area contributed by atoms with E-state index in [-0.39, 0.29) is 5.54 Å². The maximum Gasteiger partial charge on any atom is 0.214 e. The van der Waals surface area contributed by atoms with Crippen molar-refractivity contribution in [3.05, 3.63) is 17.8 Å². The number of nitrogens with zero attached hydrogens (tertiary/aromatic N) is 1. The van der Waals surface area contributed by atoms with Crippen LogP contribution >= 0.6 is 0 Å². The zero-order valence-electron chi connectivity index (χ0n) is 8.83. The molecule has 2 aliphatic rings. The van der Waals surface area contributed by atoms with Crippen LogP contribution in [0.4, 0.5) is 0 Å². The van der Waals surface area contributed by atoms with E-state index >= 15 is 0 Å². The van der Waals surface area contributed by atoms with Gasteiger partial charge in [-0.15, -0.1) is 0 Å². The first-order valence-corrected chi connectivity index (χ1v) is 5.73. The second kappa shape index (κ2) is 3.32. The van der Waals surface area contributed by atoms with Crippen LogP contribution in [0, 0.1) is 0 Å². The lowest BCUT2D eigenvalue weighted by Gasteiger charge is -2.20. The van der Waals surface area contributed by atoms with Gasteiger partial charge in [-0.05, 0) is 32.2 Å². The van der Waals surface area contributed by atoms with Crippen LogP contribution in [0.25, 0.3) is 0 Å². The van der Waals surface area contributed by atoms with Gasteiger partial charge in [0, 0.05) is 12.5 Å². The molecule has 0 amide bonds. The molecule has 2 fully saturated rings. The molecule has 1 aliphatic heterocycles. The van der Waals surface area contributed by atoms with Crippen LogP contribution in [-0.4, -0.2) is 18.1 Å². The van der Waals surface area contributed by atoms with Crippen molar-refractivity contribution in [2.24, 2.45) is 5.73 Å². The first-order chi connectivity index (χ1) is 7.28. The summed E-state index contributed by atoms with van der Waals surface area (Å²) in [6.07, 6.45) is 6.24. The fraction of sp³-hybridized carbons (Fsp3) is 0.727. The Balaban J connectivity index is 1.77. The van der Waals surface area contributed by atoms with Crippen LogP contribution in [0.15, 0.2) is 10.7 Å². The standard InChI is InChI=1S/C11H17N3O/c12-11(3-4-11)10-14-9(7-15-10)8-2-1-5-13-6-8/h7-8,13H,1-6,12H2. The molecule has 4 heteroatoms. The molecule has 1 saturated heterocycles. The number of nitrogens with two attached hydrogens (primary N) is 1. The molecule has 1 aromatic rings. The van der Waals surface area contributed by atoms with Gasteiger partial charge in [-0.1, -0.05) is 0 Å². The topological polar surface area (TPSA) is 64.1 Å². The van der Waals surface area contributed by atoms with Crippen LogP contribution in [0.1, 0.15) is 43.2 Å². The summed E-state index contributed by atoms with van der Waals surface area (Å²) in [7, 11) is 0. The highest BCUT2D eigenvalue weighted by Gasteiger charge is 2.45. The minimum Gasteiger partial charge on any atom is -0.447 e. The molecule has 0 aromatic carbocycles. The summed E-state index contributed by atoms with van der Waals surface area (Å²) in [6, 6.07) is 0. The molecule has 0 radical (unpaired) electrons. The highest BCUT2D eigenvalue weighted by Crippen LogP contribution is 2.42. The lowest BCUT2D eigenvalue weighted by atomic mass is 9.97. The van der Waals surface area contributed by atoms with Crippen molar-refractivity contribution in [2.45, 2.75) is 37.1 Å². The molecule has 1 atom stereocenters. The van der Waals surface area contributed by atoms with Crippen LogP contribution in [0.2, 0.25) is 0 Å². The molecule has 1 saturated carbocycles. The van der Waals surface area contributed by atoms with Crippen LogP contribution in [0.3, 0.4) is 0 Å². The van der Waals surface area contributed by atoms with E-state index in [0.29, 0.717) is 5.92 Å². The fourth-order valence-corrected chi connectivity index (χ4v) is 2.16. The molecule has 4 nitrogen and oxygen atoms in total. The van der Waals surface area contributed by atoms with Gasteiger partial charge in [-0.2, -0.15) is 0 Å². The summed E-state index contributed by atoms with van der Waals surface area (Å²) in [5, 5.41) is 3.38. The van der Waals surface area contributed by atoms with Gasteiger partial charge < -0.3 is 15.5 Å². The molecule has 1 aromatic heterocycles. The number of hydrogen-bond acceptors (Lipinski definition) is 4. The maximum absolute atomic E-state index is 6.04. The van der Waals surface area contributed by atoms with Gasteiger partial charge >= 0.3 is 0 Å². The summed E-state index contributed by atoms with van der Waals surface area (Å²) in [6.45, 7) is 2.14. The van der Waals surface area contributed by atoms with Crippen molar-refractivity contribution in [3.8, 4) is 0 Å². The average Bonchev–Trinajstić information content (AvgIpc) is 2.85. The van der Waals surface area contributed by atoms with Gasteiger partial charge in [-0.3, -0.25) is 0 Å². The average molecular weight is 207 g/mol. The molecule has 0 spiro atoms. The SMILES string of the molecule is NC1(c2nc(C3CCCNC3)co2)CC1. The Kier molecular flexibility index (Phi) is 2.07. The molecule has 1 unspecified atom stereocenters. The molecule has 3 N–H and O–H groups in total. The third-order valence-corrected chi connectivity index (χ3v) is 3.45. The predicted molar refractivity (Wildman–Crippen MR) is 56.4 cm³/mol. The lowest BCUT2D eigenvalue weighted by molar-refractivity contribution is 0.438. The molecule has 3 rings (SSSR count). The van der Waals surface area contributed by atoms with E-state index in [2.05, 4.69) is 10.3 Å². The fourth-order valence-electron chi connectivity index (χ4n) is 2.16. The smallest absolute Gasteiger partial charge is 0.214 e. The molecule has 82 valence electrons. The minimum atomic E-state index is -0.236. The minimum absolute atomic E-state index is 0.236. The summed E-state index contributed by atoms with van der Waals surface area (Å²) in [4.78, 5) is 4.54. The van der Waals surface area contributed by atoms with E-state index in [9.17, 15) is 0 Å². The number of aromatic nitrogens is 1. The van der Waals surface area contributed by atoms with Gasteiger partial charge in [0.15, 0.2) is 0 Å². The second-order valence-corrected chi connectivity index (χ2v) is 4.78. The Bertz CT molecular complexity index is 350. The monoisotopic (exact) mass is 207 g/mol. The molecule has 0 bridgehead atoms. The van der Waals surface area contributed by atoms with Crippen molar-refractivity contribution in [2.75, 3.05) is 13.1 Å². The third kappa shape index (κ3) is 1.68.